The van der Waals surface area contributed by atoms with E-state index >= 15 is 0 Å². The Bertz CT molecular complexity index is 1300. The molecule has 1 amide bonds. The van der Waals surface area contributed by atoms with E-state index in [9.17, 15) is 19.4 Å². The van der Waals surface area contributed by atoms with E-state index in [4.69, 9.17) is 9.05 Å². The van der Waals surface area contributed by atoms with E-state index in [2.05, 4.69) is 31.3 Å². The first-order valence-corrected chi connectivity index (χ1v) is 35.7. The number of aliphatic hydroxyl groups is 1. The number of likely N-dealkylation sites (N-methyl/N-ethyl adjacent to an activating group) is 1. The largest absolute Gasteiger partial charge is 0.472 e. The fourth-order valence-electron chi connectivity index (χ4n) is 10.6. The van der Waals surface area contributed by atoms with Crippen LogP contribution >= 0.6 is 7.82 Å². The first-order chi connectivity index (χ1) is 37.5. The molecular formula is C68H136N2O6P+. The molecule has 0 spiro atoms. The molecule has 8 nitrogen and oxygen atoms in total. The van der Waals surface area contributed by atoms with Gasteiger partial charge >= 0.3 is 7.82 Å². The average Bonchev–Trinajstić information content (AvgIpc) is 3.39. The molecule has 0 saturated heterocycles. The van der Waals surface area contributed by atoms with E-state index in [0.29, 0.717) is 17.4 Å². The zero-order chi connectivity index (χ0) is 56.3. The lowest BCUT2D eigenvalue weighted by Crippen LogP contribution is -2.45. The molecule has 0 aliphatic carbocycles. The molecule has 0 aliphatic heterocycles. The number of nitrogens with zero attached hydrogens (tertiary/aromatic N) is 1. The van der Waals surface area contributed by atoms with E-state index in [1.54, 1.807) is 6.08 Å². The number of hydrogen-bond acceptors (Lipinski definition) is 5. The summed E-state index contributed by atoms with van der Waals surface area (Å²) < 4.78 is 23.8. The van der Waals surface area contributed by atoms with Gasteiger partial charge in [-0.25, -0.2) is 4.57 Å². The van der Waals surface area contributed by atoms with Crippen molar-refractivity contribution in [3.05, 3.63) is 24.3 Å². The fraction of sp³-hybridized carbons (Fsp3) is 0.926. The maximum atomic E-state index is 13.0. The summed E-state index contributed by atoms with van der Waals surface area (Å²) in [7, 11) is 1.59. The molecule has 0 heterocycles. The van der Waals surface area contributed by atoms with Crippen LogP contribution in [0.3, 0.4) is 0 Å². The van der Waals surface area contributed by atoms with Gasteiger partial charge in [-0.3, -0.25) is 13.8 Å². The fourth-order valence-corrected chi connectivity index (χ4v) is 11.3. The van der Waals surface area contributed by atoms with Crippen molar-refractivity contribution in [1.29, 1.82) is 0 Å². The number of carbonyl (C=O) groups is 1. The van der Waals surface area contributed by atoms with Gasteiger partial charge in [-0.15, -0.1) is 0 Å². The van der Waals surface area contributed by atoms with E-state index in [1.807, 2.05) is 27.2 Å². The summed E-state index contributed by atoms with van der Waals surface area (Å²) in [4.78, 5) is 23.4. The Balaban J connectivity index is 3.94. The van der Waals surface area contributed by atoms with Gasteiger partial charge in [0, 0.05) is 6.42 Å². The molecule has 458 valence electrons. The highest BCUT2D eigenvalue weighted by atomic mass is 31.2. The predicted octanol–water partition coefficient (Wildman–Crippen LogP) is 21.5. The molecule has 77 heavy (non-hydrogen) atoms. The number of amides is 1. The Morgan fingerprint density at radius 3 is 1.00 bits per heavy atom. The van der Waals surface area contributed by atoms with Crippen molar-refractivity contribution in [2.45, 2.75) is 366 Å². The van der Waals surface area contributed by atoms with Crippen molar-refractivity contribution in [3.8, 4) is 0 Å². The van der Waals surface area contributed by atoms with Crippen LogP contribution in [0, 0.1) is 0 Å². The van der Waals surface area contributed by atoms with E-state index in [1.165, 1.54) is 302 Å². The van der Waals surface area contributed by atoms with Gasteiger partial charge in [0.25, 0.3) is 0 Å². The Morgan fingerprint density at radius 2 is 0.701 bits per heavy atom. The molecule has 0 aromatic rings. The quantitative estimate of drug-likeness (QED) is 0.0243. The van der Waals surface area contributed by atoms with Crippen LogP contribution in [0.5, 0.6) is 0 Å². The molecule has 0 aliphatic rings. The maximum Gasteiger partial charge on any atom is 0.472 e. The Kier molecular flexibility index (Phi) is 58.8. The van der Waals surface area contributed by atoms with Gasteiger partial charge in [0.15, 0.2) is 0 Å². The molecule has 0 bridgehead atoms. The first kappa shape index (κ1) is 76.0. The topological polar surface area (TPSA) is 105 Å². The minimum absolute atomic E-state index is 0.0641. The number of nitrogens with one attached hydrogen (secondary N) is 1. The van der Waals surface area contributed by atoms with Gasteiger partial charge in [-0.05, 0) is 44.9 Å². The molecule has 0 fully saturated rings. The number of phosphoric ester groups is 1. The zero-order valence-corrected chi connectivity index (χ0v) is 53.4. The van der Waals surface area contributed by atoms with Crippen LogP contribution in [0.25, 0.3) is 0 Å². The molecule has 3 N–H and O–H groups in total. The van der Waals surface area contributed by atoms with Crippen LogP contribution in [0.15, 0.2) is 24.3 Å². The summed E-state index contributed by atoms with van der Waals surface area (Å²) in [5.41, 5.74) is 0. The molecule has 3 unspecified atom stereocenters. The molecule has 0 radical (unpaired) electrons. The van der Waals surface area contributed by atoms with Gasteiger partial charge in [0.05, 0.1) is 39.9 Å². The van der Waals surface area contributed by atoms with Crippen molar-refractivity contribution in [1.82, 2.24) is 5.32 Å². The van der Waals surface area contributed by atoms with Crippen LogP contribution in [-0.2, 0) is 18.4 Å². The zero-order valence-electron chi connectivity index (χ0n) is 52.5. The molecule has 0 saturated carbocycles. The number of hydrogen-bond donors (Lipinski definition) is 3. The number of phosphoric acid groups is 1. The van der Waals surface area contributed by atoms with E-state index < -0.39 is 20.0 Å². The summed E-state index contributed by atoms with van der Waals surface area (Å²) in [6.45, 7) is 4.87. The smallest absolute Gasteiger partial charge is 0.387 e. The second kappa shape index (κ2) is 59.6. The second-order valence-corrected chi connectivity index (χ2v) is 26.4. The first-order valence-electron chi connectivity index (χ1n) is 34.2. The third-order valence-corrected chi connectivity index (χ3v) is 16.9. The molecular weight excluding hydrogens is 972 g/mol. The minimum Gasteiger partial charge on any atom is -0.387 e. The lowest BCUT2D eigenvalue weighted by Gasteiger charge is -2.25. The highest BCUT2D eigenvalue weighted by Crippen LogP contribution is 2.43. The number of unbranched alkanes of at least 4 members (excludes halogenated alkanes) is 49. The van der Waals surface area contributed by atoms with Crippen molar-refractivity contribution >= 4 is 13.7 Å². The van der Waals surface area contributed by atoms with Gasteiger partial charge in [-0.1, -0.05) is 327 Å². The standard InChI is InChI=1S/C68H135N2O6P/c1-6-8-10-12-14-16-18-20-22-24-26-27-28-29-30-31-32-33-34-35-36-37-38-39-40-41-42-43-44-46-48-50-52-54-56-58-60-62-68(72)69-66(65-76-77(73,74)75-64-63-70(3,4)5)67(71)61-59-57-55-53-51-49-47-45-25-23-21-19-17-15-13-11-9-7-2/h33-34,59,61,66-67,71H,6-32,35-58,60,62-65H2,1-5H3,(H-,69,72,73,74)/p+1/b34-33-,61-59+. The lowest BCUT2D eigenvalue weighted by molar-refractivity contribution is -0.870. The summed E-state index contributed by atoms with van der Waals surface area (Å²) >= 11 is 0. The Hall–Kier alpha value is -1.02. The summed E-state index contributed by atoms with van der Waals surface area (Å²) in [5, 5.41) is 14.0. The van der Waals surface area contributed by atoms with E-state index in [0.717, 1.165) is 32.1 Å². The van der Waals surface area contributed by atoms with Gasteiger partial charge in [0.1, 0.15) is 13.2 Å². The molecule has 0 aromatic heterocycles. The SMILES string of the molecule is CCCCCCCCCCCCCCCCCC/C=C\CCCCCCCCCCCCCCCCCCCC(=O)NC(COP(=O)(O)OCC[N+](C)(C)C)C(O)/C=C/CCCCCCCCCCCCCCCCCC. The average molecular weight is 1110 g/mol. The van der Waals surface area contributed by atoms with Gasteiger partial charge in [0.2, 0.25) is 5.91 Å². The number of allylic oxidation sites excluding steroid dienone is 3. The van der Waals surface area contributed by atoms with Crippen LogP contribution < -0.4 is 5.32 Å². The summed E-state index contributed by atoms with van der Waals surface area (Å²) in [6.07, 6.45) is 77.6. The third-order valence-electron chi connectivity index (χ3n) is 15.9. The minimum atomic E-state index is -4.35. The number of rotatable bonds is 64. The van der Waals surface area contributed by atoms with Crippen molar-refractivity contribution in [2.75, 3.05) is 40.9 Å². The number of quaternary nitrogens is 1. The number of aliphatic hydroxyl groups excluding tert-OH is 1. The summed E-state index contributed by atoms with van der Waals surface area (Å²) in [6, 6.07) is -0.845. The molecule has 0 rings (SSSR count). The maximum absolute atomic E-state index is 13.0. The van der Waals surface area contributed by atoms with Crippen LogP contribution in [0.2, 0.25) is 0 Å². The van der Waals surface area contributed by atoms with Crippen molar-refractivity contribution < 1.29 is 32.9 Å². The third kappa shape index (κ3) is 62.4. The highest BCUT2D eigenvalue weighted by molar-refractivity contribution is 7.47. The van der Waals surface area contributed by atoms with Gasteiger partial charge in [-0.2, -0.15) is 0 Å². The van der Waals surface area contributed by atoms with Gasteiger partial charge < -0.3 is 19.8 Å². The Morgan fingerprint density at radius 1 is 0.429 bits per heavy atom. The monoisotopic (exact) mass is 1110 g/mol. The molecule has 3 atom stereocenters. The van der Waals surface area contributed by atoms with Crippen molar-refractivity contribution in [3.63, 3.8) is 0 Å². The molecule has 9 heteroatoms. The van der Waals surface area contributed by atoms with Crippen LogP contribution in [-0.4, -0.2) is 73.4 Å². The second-order valence-electron chi connectivity index (χ2n) is 24.9. The normalized spacial score (nSPS) is 13.8. The molecule has 0 aromatic carbocycles. The van der Waals surface area contributed by atoms with Crippen LogP contribution in [0.1, 0.15) is 354 Å². The Labute approximate surface area is 481 Å². The van der Waals surface area contributed by atoms with E-state index in [-0.39, 0.29) is 19.1 Å². The summed E-state index contributed by atoms with van der Waals surface area (Å²) in [5.74, 6) is -0.170. The number of carbonyl (C=O) groups excluding carboxylic acids is 1. The van der Waals surface area contributed by atoms with Crippen LogP contribution in [0.4, 0.5) is 0 Å². The lowest BCUT2D eigenvalue weighted by atomic mass is 10.0. The predicted molar refractivity (Wildman–Crippen MR) is 337 cm³/mol. The highest BCUT2D eigenvalue weighted by Gasteiger charge is 2.28. The van der Waals surface area contributed by atoms with Crippen molar-refractivity contribution in [2.24, 2.45) is 0 Å².